The van der Waals surface area contributed by atoms with Crippen LogP contribution in [0.1, 0.15) is 41.7 Å². The van der Waals surface area contributed by atoms with Crippen LogP contribution in [-0.4, -0.2) is 36.3 Å². The minimum atomic E-state index is -1.79. The number of rotatable bonds is 6. The van der Waals surface area contributed by atoms with Crippen LogP contribution in [0, 0.1) is 11.5 Å². The van der Waals surface area contributed by atoms with E-state index in [2.05, 4.69) is 31.1 Å². The summed E-state index contributed by atoms with van der Waals surface area (Å²) in [6.45, 7) is 8.46. The molecule has 4 nitrogen and oxygen atoms in total. The van der Waals surface area contributed by atoms with E-state index in [1.54, 1.807) is 4.90 Å². The van der Waals surface area contributed by atoms with Crippen molar-refractivity contribution >= 4 is 14.2 Å². The second kappa shape index (κ2) is 10.5. The molecule has 0 saturated carbocycles. The third-order valence-corrected chi connectivity index (χ3v) is 7.24. The van der Waals surface area contributed by atoms with Gasteiger partial charge in [0.2, 0.25) is 0 Å². The molecule has 1 N–H and O–H groups in total. The summed E-state index contributed by atoms with van der Waals surface area (Å²) in [6.07, 6.45) is -1.85. The number of hydrogen-bond acceptors (Lipinski definition) is 3. The molecule has 1 amide bonds. The lowest BCUT2D eigenvalue weighted by Crippen LogP contribution is -2.47. The molecule has 5 heteroatoms. The molecule has 1 fully saturated rings. The highest BCUT2D eigenvalue weighted by molar-refractivity contribution is 6.83. The van der Waals surface area contributed by atoms with Crippen LogP contribution in [0.25, 0.3) is 0 Å². The van der Waals surface area contributed by atoms with Crippen molar-refractivity contribution in [2.75, 3.05) is 0 Å². The first kappa shape index (κ1) is 24.8. The Labute approximate surface area is 209 Å². The normalized spacial score (nSPS) is 20.4. The van der Waals surface area contributed by atoms with Crippen molar-refractivity contribution in [1.29, 1.82) is 0 Å². The highest BCUT2D eigenvalue weighted by atomic mass is 28.3. The molecule has 1 aliphatic rings. The van der Waals surface area contributed by atoms with Crippen LogP contribution in [0.3, 0.4) is 0 Å². The summed E-state index contributed by atoms with van der Waals surface area (Å²) >= 11 is 0. The Morgan fingerprint density at radius 1 is 0.857 bits per heavy atom. The van der Waals surface area contributed by atoms with E-state index in [4.69, 9.17) is 4.74 Å². The molecule has 5 atom stereocenters. The molecule has 1 heterocycles. The Morgan fingerprint density at radius 3 is 1.91 bits per heavy atom. The summed E-state index contributed by atoms with van der Waals surface area (Å²) in [4.78, 5) is 15.2. The van der Waals surface area contributed by atoms with Crippen LogP contribution in [0.5, 0.6) is 0 Å². The summed E-state index contributed by atoms with van der Waals surface area (Å²) < 4.78 is 6.00. The summed E-state index contributed by atoms with van der Waals surface area (Å²) in [6, 6.07) is 28.4. The maximum atomic E-state index is 13.5. The lowest BCUT2D eigenvalue weighted by atomic mass is 9.88. The van der Waals surface area contributed by atoms with E-state index in [9.17, 15) is 9.90 Å². The summed E-state index contributed by atoms with van der Waals surface area (Å²) in [5, 5.41) is 11.7. The van der Waals surface area contributed by atoms with Crippen LogP contribution in [0.15, 0.2) is 91.0 Å². The van der Waals surface area contributed by atoms with E-state index in [1.165, 1.54) is 0 Å². The number of ether oxygens (including phenoxy) is 1. The lowest BCUT2D eigenvalue weighted by Gasteiger charge is -2.34. The van der Waals surface area contributed by atoms with E-state index in [0.29, 0.717) is 0 Å². The number of carbonyl (C=O) groups excluding carboxylic acids is 1. The Kier molecular flexibility index (Phi) is 7.44. The van der Waals surface area contributed by atoms with Crippen molar-refractivity contribution in [3.63, 3.8) is 0 Å². The zero-order valence-corrected chi connectivity index (χ0v) is 21.8. The minimum Gasteiger partial charge on any atom is -0.439 e. The van der Waals surface area contributed by atoms with Gasteiger partial charge in [-0.1, -0.05) is 123 Å². The zero-order valence-electron chi connectivity index (χ0n) is 20.8. The number of nitrogens with zero attached hydrogens (tertiary/aromatic N) is 1. The van der Waals surface area contributed by atoms with E-state index < -0.39 is 38.5 Å². The van der Waals surface area contributed by atoms with Gasteiger partial charge in [-0.15, -0.1) is 5.54 Å². The molecule has 0 aromatic heterocycles. The molecule has 0 aliphatic carbocycles. The number of amides is 1. The van der Waals surface area contributed by atoms with Gasteiger partial charge in [0.15, 0.2) is 6.10 Å². The monoisotopic (exact) mass is 483 g/mol. The van der Waals surface area contributed by atoms with Crippen molar-refractivity contribution in [2.24, 2.45) is 0 Å². The molecule has 0 radical (unpaired) electrons. The first-order valence-corrected chi connectivity index (χ1v) is 15.6. The number of cyclic esters (lactones) is 1. The Hall–Kier alpha value is -3.33. The molecule has 0 spiro atoms. The molecule has 0 bridgehead atoms. The molecular weight excluding hydrogens is 450 g/mol. The van der Waals surface area contributed by atoms with E-state index in [0.717, 1.165) is 16.7 Å². The van der Waals surface area contributed by atoms with Gasteiger partial charge in [0.05, 0.1) is 6.10 Å². The molecule has 1 unspecified atom stereocenters. The maximum Gasteiger partial charge on any atom is 0.412 e. The van der Waals surface area contributed by atoms with Crippen LogP contribution in [0.4, 0.5) is 4.79 Å². The fourth-order valence-electron chi connectivity index (χ4n) is 4.50. The third-order valence-electron chi connectivity index (χ3n) is 6.35. The molecule has 1 saturated heterocycles. The van der Waals surface area contributed by atoms with Crippen molar-refractivity contribution in [3.8, 4) is 11.5 Å². The van der Waals surface area contributed by atoms with Gasteiger partial charge < -0.3 is 9.84 Å². The van der Waals surface area contributed by atoms with Gasteiger partial charge in [0.1, 0.15) is 20.2 Å². The topological polar surface area (TPSA) is 49.8 Å². The summed E-state index contributed by atoms with van der Waals surface area (Å²) in [7, 11) is -1.79. The van der Waals surface area contributed by atoms with Crippen LogP contribution in [-0.2, 0) is 4.74 Å². The number of hydrogen-bond donors (Lipinski definition) is 1. The zero-order chi connectivity index (χ0) is 25.0. The first-order valence-electron chi connectivity index (χ1n) is 12.1. The van der Waals surface area contributed by atoms with Crippen LogP contribution in [0.2, 0.25) is 19.6 Å². The highest BCUT2D eigenvalue weighted by Gasteiger charge is 2.48. The smallest absolute Gasteiger partial charge is 0.412 e. The highest BCUT2D eigenvalue weighted by Crippen LogP contribution is 2.45. The van der Waals surface area contributed by atoms with Crippen LogP contribution >= 0.6 is 0 Å². The fraction of sp³-hybridized carbons (Fsp3) is 0.300. The standard InChI is InChI=1S/C30H33NO3Si/c1-22(23-14-8-5-9-15-23)28(32)26(20-21-35(2,3)4)31-27(24-16-10-6-11-17-24)29(34-30(31)33)25-18-12-7-13-19-25/h5-19,22,26-29,32H,1-4H3/t22?,26-,27-,28-,29+/m1/s1. The van der Waals surface area contributed by atoms with Gasteiger partial charge in [-0.25, -0.2) is 4.79 Å². The predicted molar refractivity (Wildman–Crippen MR) is 142 cm³/mol. The molecule has 35 heavy (non-hydrogen) atoms. The average Bonchev–Trinajstić information content (AvgIpc) is 3.21. The van der Waals surface area contributed by atoms with Gasteiger partial charge in [0, 0.05) is 5.92 Å². The van der Waals surface area contributed by atoms with Gasteiger partial charge in [0.25, 0.3) is 0 Å². The number of aliphatic hydroxyl groups excluding tert-OH is 1. The molecule has 3 aromatic rings. The largest absolute Gasteiger partial charge is 0.439 e. The molecule has 3 aromatic carbocycles. The summed E-state index contributed by atoms with van der Waals surface area (Å²) in [5.74, 6) is 3.12. The summed E-state index contributed by atoms with van der Waals surface area (Å²) in [5.41, 5.74) is 6.28. The molecule has 1 aliphatic heterocycles. The average molecular weight is 484 g/mol. The molecular formula is C30H33NO3Si. The predicted octanol–water partition coefficient (Wildman–Crippen LogP) is 6.34. The Morgan fingerprint density at radius 2 is 1.37 bits per heavy atom. The Bertz CT molecular complexity index is 1180. The maximum absolute atomic E-state index is 13.5. The number of carbonyl (C=O) groups is 1. The van der Waals surface area contributed by atoms with Crippen molar-refractivity contribution < 1.29 is 14.6 Å². The third kappa shape index (κ3) is 5.67. The van der Waals surface area contributed by atoms with E-state index in [-0.39, 0.29) is 5.92 Å². The number of benzene rings is 3. The second-order valence-electron chi connectivity index (χ2n) is 10.1. The minimum absolute atomic E-state index is 0.225. The lowest BCUT2D eigenvalue weighted by molar-refractivity contribution is 0.0664. The van der Waals surface area contributed by atoms with Gasteiger partial charge in [-0.05, 0) is 16.7 Å². The molecule has 4 rings (SSSR count). The van der Waals surface area contributed by atoms with E-state index >= 15 is 0 Å². The quantitative estimate of drug-likeness (QED) is 0.329. The van der Waals surface area contributed by atoms with Gasteiger partial charge in [-0.3, -0.25) is 4.90 Å². The van der Waals surface area contributed by atoms with E-state index in [1.807, 2.05) is 97.9 Å². The van der Waals surface area contributed by atoms with Gasteiger partial charge >= 0.3 is 6.09 Å². The Balaban J connectivity index is 1.81. The number of aliphatic hydroxyl groups is 1. The van der Waals surface area contributed by atoms with Crippen LogP contribution < -0.4 is 0 Å². The van der Waals surface area contributed by atoms with Crippen molar-refractivity contribution in [2.45, 2.75) is 56.8 Å². The van der Waals surface area contributed by atoms with Crippen molar-refractivity contribution in [3.05, 3.63) is 108 Å². The molecule has 180 valence electrons. The second-order valence-corrected chi connectivity index (χ2v) is 14.9. The fourth-order valence-corrected chi connectivity index (χ4v) is 5.08. The first-order chi connectivity index (χ1) is 16.8. The van der Waals surface area contributed by atoms with Gasteiger partial charge in [-0.2, -0.15) is 0 Å². The van der Waals surface area contributed by atoms with Crippen molar-refractivity contribution in [1.82, 2.24) is 4.90 Å². The SMILES string of the molecule is CC(c1ccccc1)[C@@H](O)[C@@H](C#C[Si](C)(C)C)N1C(=O)O[C@@H](c2ccccc2)[C@H]1c1ccccc1.